The maximum Gasteiger partial charge on any atom is 0.134 e. The zero-order valence-corrected chi connectivity index (χ0v) is 12.6. The van der Waals surface area contributed by atoms with Crippen LogP contribution < -0.4 is 10.5 Å². The summed E-state index contributed by atoms with van der Waals surface area (Å²) in [6, 6.07) is 5.88. The normalized spacial score (nSPS) is 10.6. The van der Waals surface area contributed by atoms with Gasteiger partial charge in [0.1, 0.15) is 12.4 Å². The summed E-state index contributed by atoms with van der Waals surface area (Å²) in [7, 11) is 0. The molecule has 0 aliphatic carbocycles. The third-order valence-electron chi connectivity index (χ3n) is 2.51. The van der Waals surface area contributed by atoms with Gasteiger partial charge in [0.25, 0.3) is 0 Å². The second kappa shape index (κ2) is 6.31. The van der Waals surface area contributed by atoms with Crippen LogP contribution in [0.3, 0.4) is 0 Å². The van der Waals surface area contributed by atoms with Crippen molar-refractivity contribution >= 4 is 27.3 Å². The van der Waals surface area contributed by atoms with Crippen molar-refractivity contribution in [1.82, 2.24) is 4.98 Å². The summed E-state index contributed by atoms with van der Waals surface area (Å²) in [6.07, 6.45) is 0.972. The maximum atomic E-state index is 5.74. The Morgan fingerprint density at radius 2 is 2.28 bits per heavy atom. The van der Waals surface area contributed by atoms with Crippen LogP contribution in [-0.2, 0) is 19.6 Å². The molecule has 2 aromatic rings. The van der Waals surface area contributed by atoms with Gasteiger partial charge in [0, 0.05) is 11.9 Å². The lowest BCUT2D eigenvalue weighted by Gasteiger charge is -2.07. The number of halogens is 1. The van der Waals surface area contributed by atoms with Gasteiger partial charge in [-0.1, -0.05) is 13.0 Å². The molecule has 2 N–H and O–H groups in total. The van der Waals surface area contributed by atoms with Crippen LogP contribution in [-0.4, -0.2) is 4.98 Å². The molecule has 96 valence electrons. The van der Waals surface area contributed by atoms with Crippen molar-refractivity contribution in [2.45, 2.75) is 26.5 Å². The van der Waals surface area contributed by atoms with Crippen molar-refractivity contribution in [3.05, 3.63) is 44.3 Å². The molecule has 0 atom stereocenters. The van der Waals surface area contributed by atoms with Crippen molar-refractivity contribution in [2.24, 2.45) is 5.73 Å². The Hall–Kier alpha value is -0.910. The van der Waals surface area contributed by atoms with E-state index in [0.29, 0.717) is 13.2 Å². The van der Waals surface area contributed by atoms with E-state index in [1.807, 2.05) is 23.6 Å². The summed E-state index contributed by atoms with van der Waals surface area (Å²) in [6.45, 7) is 3.13. The predicted octanol–water partition coefficient (Wildman–Crippen LogP) is 3.51. The maximum absolute atomic E-state index is 5.74. The molecule has 5 heteroatoms. The van der Waals surface area contributed by atoms with Crippen LogP contribution in [0.2, 0.25) is 0 Å². The smallest absolute Gasteiger partial charge is 0.134 e. The van der Waals surface area contributed by atoms with Gasteiger partial charge in [0.2, 0.25) is 0 Å². The fourth-order valence-electron chi connectivity index (χ4n) is 1.52. The van der Waals surface area contributed by atoms with Crippen LogP contribution in [0.1, 0.15) is 23.2 Å². The Morgan fingerprint density at radius 1 is 1.44 bits per heavy atom. The molecule has 0 radical (unpaired) electrons. The average Bonchev–Trinajstić information content (AvgIpc) is 2.85. The van der Waals surface area contributed by atoms with Crippen molar-refractivity contribution in [1.29, 1.82) is 0 Å². The van der Waals surface area contributed by atoms with E-state index in [9.17, 15) is 0 Å². The lowest BCUT2D eigenvalue weighted by atomic mass is 10.2. The summed E-state index contributed by atoms with van der Waals surface area (Å²) in [5.74, 6) is 0.818. The molecular formula is C13H15BrN2OS. The van der Waals surface area contributed by atoms with Crippen LogP contribution in [0.4, 0.5) is 0 Å². The fourth-order valence-corrected chi connectivity index (χ4v) is 2.79. The number of thiazole rings is 1. The van der Waals surface area contributed by atoms with Gasteiger partial charge in [-0.05, 0) is 40.0 Å². The molecule has 0 aliphatic rings. The number of benzene rings is 1. The summed E-state index contributed by atoms with van der Waals surface area (Å²) < 4.78 is 6.66. The Labute approximate surface area is 119 Å². The summed E-state index contributed by atoms with van der Waals surface area (Å²) >= 11 is 5.16. The van der Waals surface area contributed by atoms with E-state index < -0.39 is 0 Å². The van der Waals surface area contributed by atoms with Crippen LogP contribution in [0.15, 0.2) is 28.1 Å². The lowest BCUT2D eigenvalue weighted by Crippen LogP contribution is -1.99. The minimum Gasteiger partial charge on any atom is -0.486 e. The fraction of sp³-hybridized carbons (Fsp3) is 0.308. The summed E-state index contributed by atoms with van der Waals surface area (Å²) in [5.41, 5.74) is 7.64. The molecule has 3 nitrogen and oxygen atoms in total. The zero-order valence-electron chi connectivity index (χ0n) is 10.1. The minimum atomic E-state index is 0.497. The third-order valence-corrected chi connectivity index (χ3v) is 4.17. The van der Waals surface area contributed by atoms with E-state index in [2.05, 4.69) is 27.8 Å². The Balaban J connectivity index is 2.01. The van der Waals surface area contributed by atoms with Crippen molar-refractivity contribution in [3.63, 3.8) is 0 Å². The SMILES string of the molecule is CCc1nc(COc2ccc(CN)cc2Br)cs1. The van der Waals surface area contributed by atoms with Crippen molar-refractivity contribution in [3.8, 4) is 5.75 Å². The van der Waals surface area contributed by atoms with Gasteiger partial charge in [-0.25, -0.2) is 4.98 Å². The molecular weight excluding hydrogens is 312 g/mol. The van der Waals surface area contributed by atoms with Gasteiger partial charge in [-0.15, -0.1) is 11.3 Å². The number of ether oxygens (including phenoxy) is 1. The van der Waals surface area contributed by atoms with Gasteiger partial charge in [-0.2, -0.15) is 0 Å². The first-order chi connectivity index (χ1) is 8.72. The second-order valence-corrected chi connectivity index (χ2v) is 5.64. The molecule has 0 amide bonds. The van der Waals surface area contributed by atoms with Gasteiger partial charge < -0.3 is 10.5 Å². The molecule has 1 aromatic carbocycles. The number of hydrogen-bond donors (Lipinski definition) is 1. The van der Waals surface area contributed by atoms with E-state index in [1.165, 1.54) is 0 Å². The van der Waals surface area contributed by atoms with Gasteiger partial charge in [-0.3, -0.25) is 0 Å². The number of hydrogen-bond acceptors (Lipinski definition) is 4. The van der Waals surface area contributed by atoms with Crippen LogP contribution >= 0.6 is 27.3 Å². The summed E-state index contributed by atoms with van der Waals surface area (Å²) in [5, 5.41) is 3.19. The van der Waals surface area contributed by atoms with E-state index >= 15 is 0 Å². The Morgan fingerprint density at radius 3 is 2.89 bits per heavy atom. The van der Waals surface area contributed by atoms with Crippen LogP contribution in [0.25, 0.3) is 0 Å². The highest BCUT2D eigenvalue weighted by Crippen LogP contribution is 2.26. The summed E-state index contributed by atoms with van der Waals surface area (Å²) in [4.78, 5) is 4.47. The zero-order chi connectivity index (χ0) is 13.0. The molecule has 0 bridgehead atoms. The van der Waals surface area contributed by atoms with Gasteiger partial charge >= 0.3 is 0 Å². The molecule has 1 heterocycles. The highest BCUT2D eigenvalue weighted by Gasteiger charge is 2.05. The number of aryl methyl sites for hydroxylation is 1. The molecule has 0 spiro atoms. The highest BCUT2D eigenvalue weighted by molar-refractivity contribution is 9.10. The first kappa shape index (κ1) is 13.5. The highest BCUT2D eigenvalue weighted by atomic mass is 79.9. The van der Waals surface area contributed by atoms with E-state index in [0.717, 1.165) is 32.9 Å². The quantitative estimate of drug-likeness (QED) is 0.914. The Kier molecular flexibility index (Phi) is 4.74. The molecule has 18 heavy (non-hydrogen) atoms. The topological polar surface area (TPSA) is 48.1 Å². The van der Waals surface area contributed by atoms with E-state index in [1.54, 1.807) is 11.3 Å². The molecule has 0 saturated carbocycles. The predicted molar refractivity (Wildman–Crippen MR) is 77.9 cm³/mol. The first-order valence-corrected chi connectivity index (χ1v) is 7.44. The third kappa shape index (κ3) is 3.31. The monoisotopic (exact) mass is 326 g/mol. The average molecular weight is 327 g/mol. The van der Waals surface area contributed by atoms with Gasteiger partial charge in [0.15, 0.2) is 0 Å². The van der Waals surface area contributed by atoms with Crippen molar-refractivity contribution in [2.75, 3.05) is 0 Å². The molecule has 0 saturated heterocycles. The number of rotatable bonds is 5. The van der Waals surface area contributed by atoms with Crippen LogP contribution in [0.5, 0.6) is 5.75 Å². The van der Waals surface area contributed by atoms with Gasteiger partial charge in [0.05, 0.1) is 15.2 Å². The molecule has 2 rings (SSSR count). The van der Waals surface area contributed by atoms with E-state index in [-0.39, 0.29) is 0 Å². The standard InChI is InChI=1S/C13H15BrN2OS/c1-2-13-16-10(8-18-13)7-17-12-4-3-9(6-15)5-11(12)14/h3-5,8H,2,6-7,15H2,1H3. The lowest BCUT2D eigenvalue weighted by molar-refractivity contribution is 0.300. The molecule has 0 fully saturated rings. The minimum absolute atomic E-state index is 0.497. The number of aromatic nitrogens is 1. The van der Waals surface area contributed by atoms with Crippen molar-refractivity contribution < 1.29 is 4.74 Å². The second-order valence-electron chi connectivity index (χ2n) is 3.84. The number of nitrogens with two attached hydrogens (primary N) is 1. The first-order valence-electron chi connectivity index (χ1n) is 5.77. The number of nitrogens with zero attached hydrogens (tertiary/aromatic N) is 1. The van der Waals surface area contributed by atoms with E-state index in [4.69, 9.17) is 10.5 Å². The molecule has 0 aliphatic heterocycles. The molecule has 1 aromatic heterocycles. The Bertz CT molecular complexity index is 527. The van der Waals surface area contributed by atoms with Crippen LogP contribution in [0, 0.1) is 0 Å². The molecule has 0 unspecified atom stereocenters. The largest absolute Gasteiger partial charge is 0.486 e.